The maximum atomic E-state index is 14.2. The molecule has 0 radical (unpaired) electrons. The summed E-state index contributed by atoms with van der Waals surface area (Å²) in [6.07, 6.45) is 6.47. The molecular weight excluding hydrogens is 430 g/mol. The molecule has 0 bridgehead atoms. The van der Waals surface area contributed by atoms with Crippen molar-refractivity contribution in [3.05, 3.63) is 75.6 Å². The van der Waals surface area contributed by atoms with E-state index in [4.69, 9.17) is 9.72 Å². The maximum absolute atomic E-state index is 14.2. The van der Waals surface area contributed by atoms with Gasteiger partial charge < -0.3 is 4.74 Å². The topological polar surface area (TPSA) is 67.9 Å². The predicted molar refractivity (Wildman–Crippen MR) is 131 cm³/mol. The Morgan fingerprint density at radius 3 is 2.61 bits per heavy atom. The van der Waals surface area contributed by atoms with Gasteiger partial charge >= 0.3 is 0 Å². The Labute approximate surface area is 198 Å². The van der Waals surface area contributed by atoms with Crippen molar-refractivity contribution in [2.45, 2.75) is 55.6 Å². The van der Waals surface area contributed by atoms with Gasteiger partial charge in [-0.1, -0.05) is 67.4 Å². The van der Waals surface area contributed by atoms with Gasteiger partial charge in [-0.2, -0.15) is 5.26 Å². The smallest absolute Gasteiger partial charge is 0.258 e. The molecule has 6 heteroatoms. The molecule has 0 N–H and O–H groups in total. The number of thioether (sulfide) groups is 1. The first-order valence-electron chi connectivity index (χ1n) is 11.5. The summed E-state index contributed by atoms with van der Waals surface area (Å²) < 4.78 is 7.07. The summed E-state index contributed by atoms with van der Waals surface area (Å²) in [5.74, 6) is 1.03. The summed E-state index contributed by atoms with van der Waals surface area (Å²) in [4.78, 5) is 19.3. The molecule has 0 saturated heterocycles. The number of ether oxygens (including phenoxy) is 1. The Kier molecular flexibility index (Phi) is 5.99. The molecule has 1 saturated carbocycles. The lowest BCUT2D eigenvalue weighted by molar-refractivity contribution is 0.282. The van der Waals surface area contributed by atoms with Crippen LogP contribution < -0.4 is 10.3 Å². The van der Waals surface area contributed by atoms with Crippen LogP contribution in [-0.2, 0) is 18.4 Å². The average molecular weight is 458 g/mol. The lowest BCUT2D eigenvalue weighted by atomic mass is 9.62. The molecule has 1 aromatic heterocycles. The SMILES string of the molecule is COc1ccc(Cn2c(SCC#N)nc3c(c2=O)C2(CCCCC2)Cc2ccccc2-3)cc1. The first kappa shape index (κ1) is 21.8. The first-order chi connectivity index (χ1) is 16.1. The molecule has 2 aliphatic rings. The van der Waals surface area contributed by atoms with E-state index >= 15 is 0 Å². The third-order valence-electron chi connectivity index (χ3n) is 7.04. The van der Waals surface area contributed by atoms with Gasteiger partial charge in [-0.3, -0.25) is 9.36 Å². The molecule has 2 aromatic carbocycles. The van der Waals surface area contributed by atoms with E-state index < -0.39 is 0 Å². The van der Waals surface area contributed by atoms with Crippen LogP contribution in [0, 0.1) is 11.3 Å². The number of methoxy groups -OCH3 is 1. The van der Waals surface area contributed by atoms with Crippen LogP contribution in [0.2, 0.25) is 0 Å². The van der Waals surface area contributed by atoms with Gasteiger partial charge in [0.2, 0.25) is 0 Å². The molecule has 0 amide bonds. The Bertz CT molecular complexity index is 1270. The van der Waals surface area contributed by atoms with Crippen molar-refractivity contribution in [2.24, 2.45) is 0 Å². The van der Waals surface area contributed by atoms with Crippen molar-refractivity contribution in [1.82, 2.24) is 9.55 Å². The van der Waals surface area contributed by atoms with Gasteiger partial charge in [-0.25, -0.2) is 4.98 Å². The number of aromatic nitrogens is 2. The Balaban J connectivity index is 1.71. The lowest BCUT2D eigenvalue weighted by Crippen LogP contribution is -2.43. The molecule has 2 aliphatic carbocycles. The molecule has 1 heterocycles. The molecule has 0 aliphatic heterocycles. The lowest BCUT2D eigenvalue weighted by Gasteiger charge is -2.42. The number of nitrogens with zero attached hydrogens (tertiary/aromatic N) is 3. The molecule has 1 spiro atoms. The number of nitriles is 1. The largest absolute Gasteiger partial charge is 0.497 e. The molecule has 3 aromatic rings. The Morgan fingerprint density at radius 2 is 1.88 bits per heavy atom. The second-order valence-corrected chi connectivity index (χ2v) is 9.92. The highest BCUT2D eigenvalue weighted by Gasteiger charge is 2.43. The van der Waals surface area contributed by atoms with Crippen molar-refractivity contribution in [3.8, 4) is 23.1 Å². The van der Waals surface area contributed by atoms with Crippen molar-refractivity contribution in [1.29, 1.82) is 5.26 Å². The summed E-state index contributed by atoms with van der Waals surface area (Å²) in [7, 11) is 1.64. The fourth-order valence-electron chi connectivity index (χ4n) is 5.48. The first-order valence-corrected chi connectivity index (χ1v) is 12.5. The van der Waals surface area contributed by atoms with Gasteiger partial charge in [-0.05, 0) is 42.5 Å². The zero-order valence-electron chi connectivity index (χ0n) is 18.8. The van der Waals surface area contributed by atoms with Gasteiger partial charge in [-0.15, -0.1) is 0 Å². The summed E-state index contributed by atoms with van der Waals surface area (Å²) in [5.41, 5.74) is 4.97. The van der Waals surface area contributed by atoms with Gasteiger partial charge in [0.25, 0.3) is 5.56 Å². The minimum atomic E-state index is -0.147. The van der Waals surface area contributed by atoms with Gasteiger partial charge in [0, 0.05) is 11.0 Å². The van der Waals surface area contributed by atoms with Crippen LogP contribution >= 0.6 is 11.8 Å². The van der Waals surface area contributed by atoms with Crippen molar-refractivity contribution in [2.75, 3.05) is 12.9 Å². The molecule has 5 rings (SSSR count). The van der Waals surface area contributed by atoms with E-state index in [2.05, 4.69) is 24.3 Å². The second kappa shape index (κ2) is 9.07. The standard InChI is InChI=1S/C27H27N3O2S/c1-32-21-11-9-19(10-12-21)18-30-25(31)23-24(29-26(30)33-16-15-28)22-8-4-3-7-20(22)17-27(23)13-5-2-6-14-27/h3-4,7-12H,2,5-6,13-14,16-18H2,1H3. The minimum Gasteiger partial charge on any atom is -0.497 e. The van der Waals surface area contributed by atoms with Crippen LogP contribution in [0.25, 0.3) is 11.3 Å². The van der Waals surface area contributed by atoms with Crippen LogP contribution in [-0.4, -0.2) is 22.4 Å². The highest BCUT2D eigenvalue weighted by Crippen LogP contribution is 2.48. The second-order valence-electron chi connectivity index (χ2n) is 8.98. The summed E-state index contributed by atoms with van der Waals surface area (Å²) >= 11 is 1.34. The quantitative estimate of drug-likeness (QED) is 0.382. The predicted octanol–water partition coefficient (Wildman–Crippen LogP) is 5.34. The highest BCUT2D eigenvalue weighted by molar-refractivity contribution is 7.99. The maximum Gasteiger partial charge on any atom is 0.258 e. The minimum absolute atomic E-state index is 0.0488. The van der Waals surface area contributed by atoms with Gasteiger partial charge in [0.15, 0.2) is 5.16 Å². The van der Waals surface area contributed by atoms with Crippen molar-refractivity contribution < 1.29 is 4.74 Å². The fourth-order valence-corrected chi connectivity index (χ4v) is 6.13. The summed E-state index contributed by atoms with van der Waals surface area (Å²) in [6, 6.07) is 18.3. The molecule has 0 atom stereocenters. The zero-order chi connectivity index (χ0) is 22.8. The van der Waals surface area contributed by atoms with Crippen LogP contribution in [0.3, 0.4) is 0 Å². The normalized spacial score (nSPS) is 16.0. The van der Waals surface area contributed by atoms with Crippen molar-refractivity contribution in [3.63, 3.8) is 0 Å². The summed E-state index contributed by atoms with van der Waals surface area (Å²) in [5, 5.41) is 9.84. The number of rotatable bonds is 5. The molecular formula is C27H27N3O2S. The number of hydrogen-bond acceptors (Lipinski definition) is 5. The van der Waals surface area contributed by atoms with E-state index in [9.17, 15) is 10.1 Å². The average Bonchev–Trinajstić information content (AvgIpc) is 2.85. The highest BCUT2D eigenvalue weighted by atomic mass is 32.2. The molecule has 0 unspecified atom stereocenters. The number of hydrogen-bond donors (Lipinski definition) is 0. The van der Waals surface area contributed by atoms with E-state index in [1.165, 1.54) is 23.7 Å². The van der Waals surface area contributed by atoms with Crippen molar-refractivity contribution >= 4 is 11.8 Å². The van der Waals surface area contributed by atoms with Crippen LogP contribution in [0.4, 0.5) is 0 Å². The Morgan fingerprint density at radius 1 is 1.12 bits per heavy atom. The number of benzene rings is 2. The molecule has 33 heavy (non-hydrogen) atoms. The fraction of sp³-hybridized carbons (Fsp3) is 0.370. The molecule has 5 nitrogen and oxygen atoms in total. The Hall–Kier alpha value is -3.04. The molecule has 1 fully saturated rings. The van der Waals surface area contributed by atoms with Gasteiger partial charge in [0.05, 0.1) is 36.7 Å². The van der Waals surface area contributed by atoms with E-state index in [0.29, 0.717) is 11.7 Å². The monoisotopic (exact) mass is 457 g/mol. The zero-order valence-corrected chi connectivity index (χ0v) is 19.7. The third kappa shape index (κ3) is 3.95. The number of fused-ring (bicyclic) bond motifs is 4. The van der Waals surface area contributed by atoms with Gasteiger partial charge in [0.1, 0.15) is 5.75 Å². The van der Waals surface area contributed by atoms with E-state index in [0.717, 1.165) is 60.2 Å². The van der Waals surface area contributed by atoms with Crippen LogP contribution in [0.5, 0.6) is 5.75 Å². The van der Waals surface area contributed by atoms with Crippen LogP contribution in [0.15, 0.2) is 58.5 Å². The van der Waals surface area contributed by atoms with E-state index in [-0.39, 0.29) is 16.7 Å². The van der Waals surface area contributed by atoms with Crippen LogP contribution in [0.1, 0.15) is 48.8 Å². The molecule has 168 valence electrons. The summed E-state index contributed by atoms with van der Waals surface area (Å²) in [6.45, 7) is 0.425. The van der Waals surface area contributed by atoms with E-state index in [1.54, 1.807) is 11.7 Å². The van der Waals surface area contributed by atoms with E-state index in [1.807, 2.05) is 30.3 Å². The third-order valence-corrected chi connectivity index (χ3v) is 7.89.